The zero-order chi connectivity index (χ0) is 13.5. The third-order valence-electron chi connectivity index (χ3n) is 1.99. The van der Waals surface area contributed by atoms with Gasteiger partial charge in [-0.05, 0) is 25.1 Å². The van der Waals surface area contributed by atoms with E-state index in [9.17, 15) is 14.0 Å². The van der Waals surface area contributed by atoms with Crippen molar-refractivity contribution >= 4 is 17.6 Å². The molecule has 1 N–H and O–H groups in total. The van der Waals surface area contributed by atoms with Gasteiger partial charge in [0, 0.05) is 0 Å². The fourth-order valence-corrected chi connectivity index (χ4v) is 1.23. The molecule has 18 heavy (non-hydrogen) atoms. The normalized spacial score (nSPS) is 9.39. The molecule has 1 amide bonds. The summed E-state index contributed by atoms with van der Waals surface area (Å²) in [7, 11) is 0. The van der Waals surface area contributed by atoms with E-state index < -0.39 is 17.7 Å². The first kappa shape index (κ1) is 13.6. The molecule has 0 saturated heterocycles. The Morgan fingerprint density at radius 2 is 2.22 bits per heavy atom. The quantitative estimate of drug-likeness (QED) is 0.827. The summed E-state index contributed by atoms with van der Waals surface area (Å²) in [5.74, 6) is -1.93. The molecular formula is C12H11FN2O3. The van der Waals surface area contributed by atoms with E-state index in [1.807, 2.05) is 0 Å². The number of nitrogens with one attached hydrogen (secondary N) is 1. The summed E-state index contributed by atoms with van der Waals surface area (Å²) < 4.78 is 18.1. The molecular weight excluding hydrogens is 239 g/mol. The summed E-state index contributed by atoms with van der Waals surface area (Å²) in [4.78, 5) is 22.6. The number of nitriles is 1. The standard InChI is InChI=1S/C12H11FN2O3/c1-2-18-12(17)8-3-4-9(13)10(7-8)15-11(16)5-6-14/h3-4,7H,2,5H2,1H3,(H,15,16). The van der Waals surface area contributed by atoms with Crippen LogP contribution >= 0.6 is 0 Å². The first-order valence-corrected chi connectivity index (χ1v) is 5.22. The number of halogens is 1. The molecule has 0 unspecified atom stereocenters. The molecule has 5 nitrogen and oxygen atoms in total. The molecule has 0 heterocycles. The maximum atomic E-state index is 13.4. The van der Waals surface area contributed by atoms with Crippen molar-refractivity contribution in [1.82, 2.24) is 0 Å². The second-order valence-corrected chi connectivity index (χ2v) is 3.30. The van der Waals surface area contributed by atoms with Gasteiger partial charge in [-0.15, -0.1) is 0 Å². The maximum absolute atomic E-state index is 13.4. The summed E-state index contributed by atoms with van der Waals surface area (Å²) in [5, 5.41) is 10.5. The number of anilines is 1. The van der Waals surface area contributed by atoms with E-state index in [4.69, 9.17) is 10.00 Å². The van der Waals surface area contributed by atoms with Crippen LogP contribution in [-0.2, 0) is 9.53 Å². The first-order chi connectivity index (χ1) is 8.58. The van der Waals surface area contributed by atoms with E-state index in [1.54, 1.807) is 13.0 Å². The van der Waals surface area contributed by atoms with Crippen LogP contribution in [0.15, 0.2) is 18.2 Å². The molecule has 1 aromatic rings. The third kappa shape index (κ3) is 3.56. The molecule has 0 saturated carbocycles. The Kier molecular flexibility index (Phi) is 4.81. The summed E-state index contributed by atoms with van der Waals surface area (Å²) in [6.45, 7) is 1.85. The maximum Gasteiger partial charge on any atom is 0.338 e. The third-order valence-corrected chi connectivity index (χ3v) is 1.99. The van der Waals surface area contributed by atoms with Gasteiger partial charge in [0.15, 0.2) is 0 Å². The number of hydrogen-bond acceptors (Lipinski definition) is 4. The molecule has 6 heteroatoms. The number of benzene rings is 1. The minimum Gasteiger partial charge on any atom is -0.462 e. The topological polar surface area (TPSA) is 79.2 Å². The molecule has 0 fully saturated rings. The minimum absolute atomic E-state index is 0.130. The van der Waals surface area contributed by atoms with E-state index in [0.29, 0.717) is 0 Å². The van der Waals surface area contributed by atoms with Crippen LogP contribution < -0.4 is 5.32 Å². The van der Waals surface area contributed by atoms with E-state index in [1.165, 1.54) is 12.1 Å². The van der Waals surface area contributed by atoms with Crippen molar-refractivity contribution in [3.8, 4) is 6.07 Å². The molecule has 0 aliphatic heterocycles. The molecule has 94 valence electrons. The van der Waals surface area contributed by atoms with Crippen molar-refractivity contribution in [1.29, 1.82) is 5.26 Å². The average Bonchev–Trinajstić information content (AvgIpc) is 2.32. The van der Waals surface area contributed by atoms with Crippen LogP contribution in [0.3, 0.4) is 0 Å². The first-order valence-electron chi connectivity index (χ1n) is 5.22. The smallest absolute Gasteiger partial charge is 0.338 e. The molecule has 1 aromatic carbocycles. The van der Waals surface area contributed by atoms with Crippen molar-refractivity contribution < 1.29 is 18.7 Å². The average molecular weight is 250 g/mol. The van der Waals surface area contributed by atoms with E-state index in [0.717, 1.165) is 6.07 Å². The lowest BCUT2D eigenvalue weighted by atomic mass is 10.2. The van der Waals surface area contributed by atoms with Gasteiger partial charge in [-0.1, -0.05) is 0 Å². The van der Waals surface area contributed by atoms with E-state index in [2.05, 4.69) is 5.32 Å². The van der Waals surface area contributed by atoms with Crippen LogP contribution in [0.1, 0.15) is 23.7 Å². The van der Waals surface area contributed by atoms with Crippen molar-refractivity contribution in [3.63, 3.8) is 0 Å². The van der Waals surface area contributed by atoms with E-state index in [-0.39, 0.29) is 24.3 Å². The number of rotatable bonds is 4. The Morgan fingerprint density at radius 3 is 2.83 bits per heavy atom. The van der Waals surface area contributed by atoms with Gasteiger partial charge in [0.2, 0.25) is 5.91 Å². The second-order valence-electron chi connectivity index (χ2n) is 3.30. The van der Waals surface area contributed by atoms with Gasteiger partial charge in [0.1, 0.15) is 12.2 Å². The Morgan fingerprint density at radius 1 is 1.50 bits per heavy atom. The summed E-state index contributed by atoms with van der Waals surface area (Å²) in [6, 6.07) is 5.12. The molecule has 0 aliphatic carbocycles. The predicted octanol–water partition coefficient (Wildman–Crippen LogP) is 1.85. The highest BCUT2D eigenvalue weighted by atomic mass is 19.1. The second kappa shape index (κ2) is 6.35. The highest BCUT2D eigenvalue weighted by molar-refractivity contribution is 5.95. The molecule has 0 aromatic heterocycles. The zero-order valence-corrected chi connectivity index (χ0v) is 9.70. The molecule has 0 aliphatic rings. The number of carbonyl (C=O) groups excluding carboxylic acids is 2. The Labute approximate surface area is 103 Å². The van der Waals surface area contributed by atoms with Crippen molar-refractivity contribution in [3.05, 3.63) is 29.6 Å². The van der Waals surface area contributed by atoms with Gasteiger partial charge in [-0.3, -0.25) is 4.79 Å². The van der Waals surface area contributed by atoms with Gasteiger partial charge in [-0.2, -0.15) is 5.26 Å². The molecule has 0 atom stereocenters. The SMILES string of the molecule is CCOC(=O)c1ccc(F)c(NC(=O)CC#N)c1. The van der Waals surface area contributed by atoms with Gasteiger partial charge >= 0.3 is 5.97 Å². The van der Waals surface area contributed by atoms with Gasteiger partial charge in [0.05, 0.1) is 23.9 Å². The molecule has 0 bridgehead atoms. The molecule has 1 rings (SSSR count). The number of amides is 1. The Bertz CT molecular complexity index is 509. The number of esters is 1. The van der Waals surface area contributed by atoms with E-state index >= 15 is 0 Å². The van der Waals surface area contributed by atoms with Crippen LogP contribution in [0.5, 0.6) is 0 Å². The number of hydrogen-bond donors (Lipinski definition) is 1. The van der Waals surface area contributed by atoms with Crippen LogP contribution in [0.2, 0.25) is 0 Å². The van der Waals surface area contributed by atoms with Gasteiger partial charge in [0.25, 0.3) is 0 Å². The number of ether oxygens (including phenoxy) is 1. The lowest BCUT2D eigenvalue weighted by Crippen LogP contribution is -2.13. The fourth-order valence-electron chi connectivity index (χ4n) is 1.23. The van der Waals surface area contributed by atoms with Crippen molar-refractivity contribution in [2.75, 3.05) is 11.9 Å². The summed E-state index contributed by atoms with van der Waals surface area (Å²) in [6.07, 6.45) is -0.386. The predicted molar refractivity (Wildman–Crippen MR) is 61.2 cm³/mol. The minimum atomic E-state index is -0.686. The van der Waals surface area contributed by atoms with Gasteiger partial charge < -0.3 is 10.1 Å². The lowest BCUT2D eigenvalue weighted by Gasteiger charge is -2.07. The van der Waals surface area contributed by atoms with Crippen LogP contribution in [0.4, 0.5) is 10.1 Å². The number of nitrogens with zero attached hydrogens (tertiary/aromatic N) is 1. The Hall–Kier alpha value is -2.42. The zero-order valence-electron chi connectivity index (χ0n) is 9.70. The van der Waals surface area contributed by atoms with Crippen LogP contribution in [-0.4, -0.2) is 18.5 Å². The van der Waals surface area contributed by atoms with Crippen LogP contribution in [0, 0.1) is 17.1 Å². The van der Waals surface area contributed by atoms with Gasteiger partial charge in [-0.25, -0.2) is 9.18 Å². The summed E-state index contributed by atoms with van der Waals surface area (Å²) >= 11 is 0. The highest BCUT2D eigenvalue weighted by Gasteiger charge is 2.12. The summed E-state index contributed by atoms with van der Waals surface area (Å²) in [5.41, 5.74) is -0.0219. The van der Waals surface area contributed by atoms with Crippen molar-refractivity contribution in [2.45, 2.75) is 13.3 Å². The highest BCUT2D eigenvalue weighted by Crippen LogP contribution is 2.17. The van der Waals surface area contributed by atoms with Crippen LogP contribution in [0.25, 0.3) is 0 Å². The molecule has 0 radical (unpaired) electrons. The Balaban J connectivity index is 2.91. The molecule has 0 spiro atoms. The largest absolute Gasteiger partial charge is 0.462 e. The fraction of sp³-hybridized carbons (Fsp3) is 0.250. The monoisotopic (exact) mass is 250 g/mol. The number of carbonyl (C=O) groups is 2. The van der Waals surface area contributed by atoms with Crippen molar-refractivity contribution in [2.24, 2.45) is 0 Å². The lowest BCUT2D eigenvalue weighted by molar-refractivity contribution is -0.115.